The molecule has 0 radical (unpaired) electrons. The summed E-state index contributed by atoms with van der Waals surface area (Å²) < 4.78 is 17.2. The quantitative estimate of drug-likeness (QED) is 0.114. The van der Waals surface area contributed by atoms with Gasteiger partial charge in [0.05, 0.1) is 36.4 Å². The van der Waals surface area contributed by atoms with Crippen LogP contribution < -0.4 is 24.8 Å². The molecule has 5 aromatic rings. The summed E-state index contributed by atoms with van der Waals surface area (Å²) in [5.41, 5.74) is 4.28. The number of pyridine rings is 1. The first-order valence-corrected chi connectivity index (χ1v) is 17.4. The molecule has 0 saturated carbocycles. The molecule has 2 amide bonds. The highest BCUT2D eigenvalue weighted by molar-refractivity contribution is 6.10. The summed E-state index contributed by atoms with van der Waals surface area (Å²) in [7, 11) is 3.12. The average molecular weight is 689 g/mol. The number of nitrogens with zero attached hydrogens (tertiary/aromatic N) is 2. The third-order valence-corrected chi connectivity index (χ3v) is 8.85. The molecule has 1 heterocycles. The highest BCUT2D eigenvalue weighted by Gasteiger charge is 2.26. The Balaban J connectivity index is 1.44. The van der Waals surface area contributed by atoms with Crippen molar-refractivity contribution in [3.8, 4) is 28.5 Å². The fraction of sp³-hybridized carbons (Fsp3) is 0.310. The molecular formula is C42H48N4O5. The van der Waals surface area contributed by atoms with Crippen LogP contribution in [-0.4, -0.2) is 67.1 Å². The third-order valence-electron chi connectivity index (χ3n) is 8.85. The van der Waals surface area contributed by atoms with E-state index in [4.69, 9.17) is 19.2 Å². The van der Waals surface area contributed by atoms with Gasteiger partial charge < -0.3 is 24.8 Å². The van der Waals surface area contributed by atoms with Crippen LogP contribution in [-0.2, 0) is 17.8 Å². The molecule has 0 fully saturated rings. The van der Waals surface area contributed by atoms with Crippen molar-refractivity contribution in [1.82, 2.24) is 20.5 Å². The predicted molar refractivity (Wildman–Crippen MR) is 202 cm³/mol. The molecule has 0 aliphatic rings. The van der Waals surface area contributed by atoms with E-state index in [1.807, 2.05) is 84.9 Å². The standard InChI is InChI=1S/C42H48N4O5/c1-28(2)46(29(3)4)22-21-43-42(48)38(23-30-17-19-33(20-18-30)51-27-31-13-9-7-10-14-31)45-41(47)35-26-36(32-15-11-8-12-16-32)44-37-24-34(49-5)25-39(50-6)40(35)37/h7-20,24-26,28-29,38H,21-23,27H2,1-6H3,(H,43,48)(H,45,47). The van der Waals surface area contributed by atoms with Gasteiger partial charge >= 0.3 is 0 Å². The van der Waals surface area contributed by atoms with Crippen LogP contribution in [0, 0.1) is 0 Å². The summed E-state index contributed by atoms with van der Waals surface area (Å²) in [6.45, 7) is 10.2. The maximum atomic E-state index is 14.4. The van der Waals surface area contributed by atoms with E-state index in [-0.39, 0.29) is 12.3 Å². The van der Waals surface area contributed by atoms with Crippen molar-refractivity contribution in [2.45, 2.75) is 58.8 Å². The number of methoxy groups -OCH3 is 2. The first-order chi connectivity index (χ1) is 24.7. The second-order valence-electron chi connectivity index (χ2n) is 13.0. The second-order valence-corrected chi connectivity index (χ2v) is 13.0. The molecule has 0 aliphatic carbocycles. The van der Waals surface area contributed by atoms with Crippen molar-refractivity contribution in [1.29, 1.82) is 0 Å². The van der Waals surface area contributed by atoms with E-state index in [9.17, 15) is 9.59 Å². The van der Waals surface area contributed by atoms with E-state index in [0.717, 1.165) is 16.7 Å². The Bertz CT molecular complexity index is 1890. The smallest absolute Gasteiger partial charge is 0.252 e. The van der Waals surface area contributed by atoms with E-state index in [1.165, 1.54) is 0 Å². The molecule has 51 heavy (non-hydrogen) atoms. The van der Waals surface area contributed by atoms with Gasteiger partial charge in [-0.25, -0.2) is 4.98 Å². The first-order valence-electron chi connectivity index (χ1n) is 17.4. The number of hydrogen-bond donors (Lipinski definition) is 2. The largest absolute Gasteiger partial charge is 0.497 e. The normalized spacial score (nSPS) is 11.9. The van der Waals surface area contributed by atoms with Gasteiger partial charge in [0.1, 0.15) is 29.9 Å². The molecule has 9 heteroatoms. The number of fused-ring (bicyclic) bond motifs is 1. The second kappa shape index (κ2) is 17.5. The number of carbonyl (C=O) groups excluding carboxylic acids is 2. The van der Waals surface area contributed by atoms with Gasteiger partial charge in [0, 0.05) is 49.3 Å². The number of rotatable bonds is 16. The maximum absolute atomic E-state index is 14.4. The average Bonchev–Trinajstić information content (AvgIpc) is 3.15. The van der Waals surface area contributed by atoms with Gasteiger partial charge in [-0.3, -0.25) is 14.5 Å². The lowest BCUT2D eigenvalue weighted by Crippen LogP contribution is -2.50. The molecule has 0 saturated heterocycles. The molecule has 1 atom stereocenters. The van der Waals surface area contributed by atoms with Crippen LogP contribution in [0.1, 0.15) is 49.2 Å². The molecule has 9 nitrogen and oxygen atoms in total. The van der Waals surface area contributed by atoms with Gasteiger partial charge in [-0.2, -0.15) is 0 Å². The fourth-order valence-corrected chi connectivity index (χ4v) is 6.21. The summed E-state index contributed by atoms with van der Waals surface area (Å²) in [6.07, 6.45) is 0.272. The van der Waals surface area contributed by atoms with Crippen molar-refractivity contribution < 1.29 is 23.8 Å². The number of ether oxygens (including phenoxy) is 3. The van der Waals surface area contributed by atoms with E-state index in [2.05, 4.69) is 43.2 Å². The van der Waals surface area contributed by atoms with Crippen molar-refractivity contribution in [3.63, 3.8) is 0 Å². The van der Waals surface area contributed by atoms with Crippen LogP contribution >= 0.6 is 0 Å². The molecular weight excluding hydrogens is 640 g/mol. The number of hydrogen-bond acceptors (Lipinski definition) is 7. The number of carbonyl (C=O) groups is 2. The highest BCUT2D eigenvalue weighted by atomic mass is 16.5. The Morgan fingerprint density at radius 3 is 2.06 bits per heavy atom. The zero-order chi connectivity index (χ0) is 36.3. The summed E-state index contributed by atoms with van der Waals surface area (Å²) in [6, 6.07) is 32.3. The van der Waals surface area contributed by atoms with E-state index in [0.29, 0.717) is 71.2 Å². The maximum Gasteiger partial charge on any atom is 0.252 e. The molecule has 0 aliphatic heterocycles. The van der Waals surface area contributed by atoms with Crippen LogP contribution in [0.25, 0.3) is 22.2 Å². The lowest BCUT2D eigenvalue weighted by Gasteiger charge is -2.30. The minimum Gasteiger partial charge on any atom is -0.497 e. The van der Waals surface area contributed by atoms with Crippen LogP contribution in [0.5, 0.6) is 17.2 Å². The molecule has 0 bridgehead atoms. The zero-order valence-corrected chi connectivity index (χ0v) is 30.3. The van der Waals surface area contributed by atoms with Gasteiger partial charge in [-0.05, 0) is 57.0 Å². The number of aromatic nitrogens is 1. The Hall–Kier alpha value is -5.41. The lowest BCUT2D eigenvalue weighted by molar-refractivity contribution is -0.123. The monoisotopic (exact) mass is 688 g/mol. The molecule has 266 valence electrons. The van der Waals surface area contributed by atoms with Gasteiger partial charge in [0.2, 0.25) is 5.91 Å². The van der Waals surface area contributed by atoms with E-state index in [1.54, 1.807) is 32.4 Å². The third kappa shape index (κ3) is 9.64. The Morgan fingerprint density at radius 2 is 1.43 bits per heavy atom. The molecule has 0 spiro atoms. The Labute approximate surface area is 301 Å². The molecule has 5 rings (SSSR count). The summed E-state index contributed by atoms with van der Waals surface area (Å²) in [4.78, 5) is 35.5. The topological polar surface area (TPSA) is 102 Å². The fourth-order valence-electron chi connectivity index (χ4n) is 6.21. The summed E-state index contributed by atoms with van der Waals surface area (Å²) in [5.74, 6) is 1.02. The number of amides is 2. The highest BCUT2D eigenvalue weighted by Crippen LogP contribution is 2.35. The number of benzene rings is 4. The first kappa shape index (κ1) is 36.9. The Kier molecular flexibility index (Phi) is 12.6. The minimum atomic E-state index is -0.868. The van der Waals surface area contributed by atoms with Crippen LogP contribution in [0.15, 0.2) is 103 Å². The minimum absolute atomic E-state index is 0.268. The summed E-state index contributed by atoms with van der Waals surface area (Å²) in [5, 5.41) is 6.68. The van der Waals surface area contributed by atoms with Gasteiger partial charge in [-0.1, -0.05) is 72.8 Å². The SMILES string of the molecule is COc1cc(OC)c2c(C(=O)NC(Cc3ccc(OCc4ccccc4)cc3)C(=O)NCCN(C(C)C)C(C)C)cc(-c3ccccc3)nc2c1. The molecule has 4 aromatic carbocycles. The molecule has 1 unspecified atom stereocenters. The van der Waals surface area contributed by atoms with Crippen molar-refractivity contribution in [3.05, 3.63) is 120 Å². The zero-order valence-electron chi connectivity index (χ0n) is 30.3. The van der Waals surface area contributed by atoms with Crippen LogP contribution in [0.3, 0.4) is 0 Å². The van der Waals surface area contributed by atoms with Gasteiger partial charge in [0.15, 0.2) is 0 Å². The van der Waals surface area contributed by atoms with E-state index < -0.39 is 11.9 Å². The van der Waals surface area contributed by atoms with Gasteiger partial charge in [0.25, 0.3) is 5.91 Å². The van der Waals surface area contributed by atoms with Crippen LogP contribution in [0.4, 0.5) is 0 Å². The summed E-state index contributed by atoms with van der Waals surface area (Å²) >= 11 is 0. The molecule has 1 aromatic heterocycles. The number of nitrogens with one attached hydrogen (secondary N) is 2. The predicted octanol–water partition coefficient (Wildman–Crippen LogP) is 7.07. The van der Waals surface area contributed by atoms with E-state index >= 15 is 0 Å². The van der Waals surface area contributed by atoms with Crippen molar-refractivity contribution in [2.75, 3.05) is 27.3 Å². The van der Waals surface area contributed by atoms with Gasteiger partial charge in [-0.15, -0.1) is 0 Å². The lowest BCUT2D eigenvalue weighted by atomic mass is 10.0. The van der Waals surface area contributed by atoms with Crippen LogP contribution in [0.2, 0.25) is 0 Å². The Morgan fingerprint density at radius 1 is 0.765 bits per heavy atom. The molecule has 2 N–H and O–H groups in total. The van der Waals surface area contributed by atoms with Crippen molar-refractivity contribution in [2.24, 2.45) is 0 Å². The van der Waals surface area contributed by atoms with Crippen molar-refractivity contribution >= 4 is 22.7 Å².